The van der Waals surface area contributed by atoms with Crippen LogP contribution < -0.4 is 20.1 Å². The van der Waals surface area contributed by atoms with Gasteiger partial charge in [-0.25, -0.2) is 9.97 Å². The van der Waals surface area contributed by atoms with Crippen molar-refractivity contribution in [2.24, 2.45) is 5.73 Å². The Balaban J connectivity index is 1.67. The fraction of sp³-hybridized carbons (Fsp3) is 0.476. The van der Waals surface area contributed by atoms with Gasteiger partial charge >= 0.3 is 0 Å². The zero-order valence-corrected chi connectivity index (χ0v) is 17.5. The first-order chi connectivity index (χ1) is 13.9. The molecule has 8 nitrogen and oxygen atoms in total. The molecule has 156 valence electrons. The van der Waals surface area contributed by atoms with Crippen molar-refractivity contribution in [3.8, 4) is 11.5 Å². The summed E-state index contributed by atoms with van der Waals surface area (Å²) >= 11 is 0. The molecule has 2 aromatic rings. The predicted molar refractivity (Wildman–Crippen MR) is 112 cm³/mol. The summed E-state index contributed by atoms with van der Waals surface area (Å²) in [4.78, 5) is 25.6. The number of ether oxygens (including phenoxy) is 2. The summed E-state index contributed by atoms with van der Waals surface area (Å²) in [5.41, 5.74) is 7.82. The van der Waals surface area contributed by atoms with Gasteiger partial charge in [0.25, 0.3) is 5.91 Å². The van der Waals surface area contributed by atoms with Gasteiger partial charge in [-0.05, 0) is 32.4 Å². The molecule has 1 fully saturated rings. The number of rotatable bonds is 7. The van der Waals surface area contributed by atoms with Crippen molar-refractivity contribution >= 4 is 11.7 Å². The van der Waals surface area contributed by atoms with Crippen LogP contribution in [0.25, 0.3) is 0 Å². The highest BCUT2D eigenvalue weighted by molar-refractivity contribution is 5.90. The van der Waals surface area contributed by atoms with Crippen molar-refractivity contribution in [3.63, 3.8) is 0 Å². The van der Waals surface area contributed by atoms with Gasteiger partial charge in [-0.1, -0.05) is 12.1 Å². The van der Waals surface area contributed by atoms with Gasteiger partial charge in [-0.3, -0.25) is 4.79 Å². The first kappa shape index (κ1) is 20.9. The largest absolute Gasteiger partial charge is 0.493 e. The summed E-state index contributed by atoms with van der Waals surface area (Å²) in [5, 5.41) is 0. The maximum absolute atomic E-state index is 12.9. The second kappa shape index (κ2) is 9.09. The van der Waals surface area contributed by atoms with E-state index in [1.54, 1.807) is 19.1 Å². The van der Waals surface area contributed by atoms with Crippen LogP contribution in [0.2, 0.25) is 0 Å². The van der Waals surface area contributed by atoms with Crippen LogP contribution in [-0.4, -0.2) is 67.2 Å². The second-order valence-electron chi connectivity index (χ2n) is 7.30. The molecule has 2 heterocycles. The summed E-state index contributed by atoms with van der Waals surface area (Å²) in [5.74, 6) is 2.07. The lowest BCUT2D eigenvalue weighted by Gasteiger charge is -2.22. The Bertz CT molecular complexity index is 873. The molecule has 3 rings (SSSR count). The lowest BCUT2D eigenvalue weighted by Crippen LogP contribution is -2.33. The van der Waals surface area contributed by atoms with E-state index in [0.29, 0.717) is 24.7 Å². The minimum atomic E-state index is -0.235. The number of carbonyl (C=O) groups is 1. The van der Waals surface area contributed by atoms with Crippen molar-refractivity contribution in [1.29, 1.82) is 0 Å². The van der Waals surface area contributed by atoms with Crippen LogP contribution in [-0.2, 0) is 0 Å². The molecule has 29 heavy (non-hydrogen) atoms. The van der Waals surface area contributed by atoms with Crippen molar-refractivity contribution in [1.82, 2.24) is 14.9 Å². The quantitative estimate of drug-likeness (QED) is 0.758. The van der Waals surface area contributed by atoms with Gasteiger partial charge in [0.1, 0.15) is 12.4 Å². The normalized spacial score (nSPS) is 16.0. The molecule has 1 saturated heterocycles. The van der Waals surface area contributed by atoms with Crippen molar-refractivity contribution in [2.45, 2.75) is 26.3 Å². The number of hydrogen-bond acceptors (Lipinski definition) is 7. The standard InChI is InChI=1S/C21H29N5O3/c1-14-15(2)23-19(24-20(14)26-10-9-16(22)13-26)21(27)25(3)11-12-29-18-8-6-5-7-17(18)28-4/h5-8,16H,9-13,22H2,1-4H3/t16-/m1/s1. The molecule has 0 spiro atoms. The van der Waals surface area contributed by atoms with E-state index in [4.69, 9.17) is 15.2 Å². The van der Waals surface area contributed by atoms with E-state index >= 15 is 0 Å². The topological polar surface area (TPSA) is 93.8 Å². The number of aryl methyl sites for hydroxylation is 1. The first-order valence-corrected chi connectivity index (χ1v) is 9.77. The number of amides is 1. The smallest absolute Gasteiger partial charge is 0.291 e. The van der Waals surface area contributed by atoms with Gasteiger partial charge in [-0.2, -0.15) is 0 Å². The van der Waals surface area contributed by atoms with Gasteiger partial charge in [0.2, 0.25) is 5.82 Å². The van der Waals surface area contributed by atoms with E-state index < -0.39 is 0 Å². The molecule has 1 atom stereocenters. The van der Waals surface area contributed by atoms with E-state index in [9.17, 15) is 4.79 Å². The van der Waals surface area contributed by atoms with Gasteiger partial charge in [0, 0.05) is 37.4 Å². The summed E-state index contributed by atoms with van der Waals surface area (Å²) in [6, 6.07) is 7.56. The van der Waals surface area contributed by atoms with E-state index in [0.717, 1.165) is 36.6 Å². The Labute approximate surface area is 171 Å². The SMILES string of the molecule is COc1ccccc1OCCN(C)C(=O)c1nc(C)c(C)c(N2CC[C@@H](N)C2)n1. The van der Waals surface area contributed by atoms with Crippen LogP contribution in [0, 0.1) is 13.8 Å². The molecule has 0 aliphatic carbocycles. The van der Waals surface area contributed by atoms with Crippen molar-refractivity contribution in [2.75, 3.05) is 45.3 Å². The molecular formula is C21H29N5O3. The van der Waals surface area contributed by atoms with Crippen LogP contribution in [0.3, 0.4) is 0 Å². The number of para-hydroxylation sites is 2. The van der Waals surface area contributed by atoms with Gasteiger partial charge in [0.05, 0.1) is 13.7 Å². The van der Waals surface area contributed by atoms with Crippen molar-refractivity contribution in [3.05, 3.63) is 41.3 Å². The van der Waals surface area contributed by atoms with E-state index in [2.05, 4.69) is 14.9 Å². The zero-order chi connectivity index (χ0) is 21.0. The molecule has 2 N–H and O–H groups in total. The predicted octanol–water partition coefficient (Wildman–Crippen LogP) is 1.79. The molecule has 0 bridgehead atoms. The Morgan fingerprint density at radius 3 is 2.66 bits per heavy atom. The minimum Gasteiger partial charge on any atom is -0.493 e. The lowest BCUT2D eigenvalue weighted by atomic mass is 10.2. The summed E-state index contributed by atoms with van der Waals surface area (Å²) in [6.45, 7) is 6.20. The first-order valence-electron chi connectivity index (χ1n) is 9.77. The molecule has 0 unspecified atom stereocenters. The maximum Gasteiger partial charge on any atom is 0.291 e. The van der Waals surface area contributed by atoms with Crippen LogP contribution in [0.5, 0.6) is 11.5 Å². The highest BCUT2D eigenvalue weighted by atomic mass is 16.5. The Kier molecular flexibility index (Phi) is 6.53. The summed E-state index contributed by atoms with van der Waals surface area (Å²) in [6.07, 6.45) is 0.923. The van der Waals surface area contributed by atoms with E-state index in [1.807, 2.05) is 38.1 Å². The molecule has 1 aliphatic rings. The second-order valence-corrected chi connectivity index (χ2v) is 7.30. The highest BCUT2D eigenvalue weighted by Crippen LogP contribution is 2.26. The average molecular weight is 399 g/mol. The zero-order valence-electron chi connectivity index (χ0n) is 17.5. The van der Waals surface area contributed by atoms with Crippen LogP contribution in [0.1, 0.15) is 28.3 Å². The third kappa shape index (κ3) is 4.76. The molecule has 0 radical (unpaired) electrons. The van der Waals surface area contributed by atoms with E-state index in [1.165, 1.54) is 0 Å². The lowest BCUT2D eigenvalue weighted by molar-refractivity contribution is 0.0761. The molecule has 1 amide bonds. The van der Waals surface area contributed by atoms with Crippen LogP contribution in [0.15, 0.2) is 24.3 Å². The number of nitrogens with two attached hydrogens (primary N) is 1. The van der Waals surface area contributed by atoms with Gasteiger partial charge in [-0.15, -0.1) is 0 Å². The minimum absolute atomic E-state index is 0.138. The number of likely N-dealkylation sites (N-methyl/N-ethyl adjacent to an activating group) is 1. The molecule has 1 aliphatic heterocycles. The van der Waals surface area contributed by atoms with Gasteiger partial charge < -0.3 is 25.0 Å². The molecule has 0 saturated carbocycles. The Hall–Kier alpha value is -2.87. The number of aromatic nitrogens is 2. The third-order valence-electron chi connectivity index (χ3n) is 5.18. The van der Waals surface area contributed by atoms with Gasteiger partial charge in [0.15, 0.2) is 11.5 Å². The fourth-order valence-electron chi connectivity index (χ4n) is 3.30. The summed E-state index contributed by atoms with van der Waals surface area (Å²) < 4.78 is 11.0. The molecular weight excluding hydrogens is 370 g/mol. The average Bonchev–Trinajstić information content (AvgIpc) is 3.15. The number of methoxy groups -OCH3 is 1. The third-order valence-corrected chi connectivity index (χ3v) is 5.18. The number of carbonyl (C=O) groups excluding carboxylic acids is 1. The molecule has 8 heteroatoms. The van der Waals surface area contributed by atoms with Crippen LogP contribution >= 0.6 is 0 Å². The fourth-order valence-corrected chi connectivity index (χ4v) is 3.30. The number of anilines is 1. The highest BCUT2D eigenvalue weighted by Gasteiger charge is 2.25. The molecule has 1 aromatic carbocycles. The van der Waals surface area contributed by atoms with E-state index in [-0.39, 0.29) is 17.8 Å². The number of benzene rings is 1. The Morgan fingerprint density at radius 1 is 1.28 bits per heavy atom. The molecule has 1 aromatic heterocycles. The number of hydrogen-bond donors (Lipinski definition) is 1. The maximum atomic E-state index is 12.9. The van der Waals surface area contributed by atoms with Crippen molar-refractivity contribution < 1.29 is 14.3 Å². The monoisotopic (exact) mass is 399 g/mol. The van der Waals surface area contributed by atoms with Crippen LogP contribution in [0.4, 0.5) is 5.82 Å². The number of nitrogens with zero attached hydrogens (tertiary/aromatic N) is 4. The Morgan fingerprint density at radius 2 is 2.00 bits per heavy atom. The summed E-state index contributed by atoms with van der Waals surface area (Å²) in [7, 11) is 3.32.